The van der Waals surface area contributed by atoms with E-state index in [-0.39, 0.29) is 5.60 Å². The molecule has 1 fully saturated rings. The van der Waals surface area contributed by atoms with Crippen molar-refractivity contribution in [3.63, 3.8) is 0 Å². The summed E-state index contributed by atoms with van der Waals surface area (Å²) in [4.78, 5) is 0. The summed E-state index contributed by atoms with van der Waals surface area (Å²) < 4.78 is 7.70. The molecule has 0 saturated carbocycles. The molecule has 1 atom stereocenters. The third-order valence-electron chi connectivity index (χ3n) is 4.15. The zero-order valence-corrected chi connectivity index (χ0v) is 13.3. The van der Waals surface area contributed by atoms with Crippen LogP contribution in [-0.2, 0) is 18.3 Å². The van der Waals surface area contributed by atoms with Gasteiger partial charge in [-0.1, -0.05) is 0 Å². The van der Waals surface area contributed by atoms with Gasteiger partial charge in [0.15, 0.2) is 0 Å². The molecule has 1 unspecified atom stereocenters. The van der Waals surface area contributed by atoms with Crippen molar-refractivity contribution in [1.29, 1.82) is 0 Å². The molecular weight excluding hydrogens is 323 g/mol. The standard InChI is InChI=1S/C16H20NO.Ru/c1-12-4-5-15-14(10-12)13(2)11-16(18-15)6-3-8-17-9-7-16;/h4-5,11,17H,3,6-9H2,1-2H3;. The van der Waals surface area contributed by atoms with E-state index in [4.69, 9.17) is 4.74 Å². The Kier molecular flexibility index (Phi) is 3.53. The number of hydrogen-bond acceptors (Lipinski definition) is 2. The molecule has 2 heterocycles. The van der Waals surface area contributed by atoms with E-state index in [9.17, 15) is 0 Å². The summed E-state index contributed by atoms with van der Waals surface area (Å²) in [7, 11) is 0. The maximum absolute atomic E-state index is 6.42. The van der Waals surface area contributed by atoms with Gasteiger partial charge in [0.25, 0.3) is 0 Å². The van der Waals surface area contributed by atoms with Crippen molar-refractivity contribution in [2.75, 3.05) is 13.1 Å². The molecule has 0 aromatic heterocycles. The van der Waals surface area contributed by atoms with Crippen molar-refractivity contribution in [1.82, 2.24) is 5.32 Å². The molecular formula is C16H20NORu. The molecule has 1 saturated heterocycles. The normalized spacial score (nSPS) is 26.4. The summed E-state index contributed by atoms with van der Waals surface area (Å²) in [6.07, 6.45) is 5.71. The topological polar surface area (TPSA) is 21.3 Å². The maximum atomic E-state index is 6.42. The van der Waals surface area contributed by atoms with Crippen molar-refractivity contribution in [3.8, 4) is 5.75 Å². The average molecular weight is 343 g/mol. The Morgan fingerprint density at radius 1 is 1.21 bits per heavy atom. The molecule has 2 nitrogen and oxygen atoms in total. The molecule has 2 aliphatic heterocycles. The van der Waals surface area contributed by atoms with E-state index in [0.29, 0.717) is 0 Å². The quantitative estimate of drug-likeness (QED) is 0.731. The van der Waals surface area contributed by atoms with Crippen LogP contribution >= 0.6 is 0 Å². The second kappa shape index (κ2) is 5.03. The predicted octanol–water partition coefficient (Wildman–Crippen LogP) is 2.48. The molecule has 3 rings (SSSR count). The summed E-state index contributed by atoms with van der Waals surface area (Å²) in [5, 5.41) is 3.47. The molecule has 2 aliphatic rings. The van der Waals surface area contributed by atoms with Gasteiger partial charge in [0.05, 0.1) is 0 Å². The van der Waals surface area contributed by atoms with Crippen LogP contribution in [0.1, 0.15) is 37.3 Å². The third kappa shape index (κ3) is 2.39. The van der Waals surface area contributed by atoms with Gasteiger partial charge in [0, 0.05) is 0 Å². The second-order valence-electron chi connectivity index (χ2n) is 5.66. The van der Waals surface area contributed by atoms with Crippen LogP contribution in [0.3, 0.4) is 0 Å². The van der Waals surface area contributed by atoms with Crippen molar-refractivity contribution in [2.45, 2.75) is 38.7 Å². The molecule has 1 aromatic carbocycles. The summed E-state index contributed by atoms with van der Waals surface area (Å²) >= 11 is 2.76. The van der Waals surface area contributed by atoms with Gasteiger partial charge in [-0.2, -0.15) is 0 Å². The number of aryl methyl sites for hydroxylation is 1. The van der Waals surface area contributed by atoms with Gasteiger partial charge in [0.2, 0.25) is 0 Å². The Morgan fingerprint density at radius 2 is 2.05 bits per heavy atom. The van der Waals surface area contributed by atoms with Crippen LogP contribution < -0.4 is 14.2 Å². The minimum absolute atomic E-state index is 0.0888. The zero-order valence-electron chi connectivity index (χ0n) is 11.5. The van der Waals surface area contributed by atoms with E-state index >= 15 is 0 Å². The van der Waals surface area contributed by atoms with Crippen LogP contribution in [0.25, 0.3) is 5.57 Å². The zero-order chi connectivity index (χ0) is 13.5. The van der Waals surface area contributed by atoms with Crippen LogP contribution in [0.15, 0.2) is 18.2 Å². The number of hydrogen-bond donors (Lipinski definition) is 1. The van der Waals surface area contributed by atoms with Crippen molar-refractivity contribution in [2.24, 2.45) is 0 Å². The average Bonchev–Trinajstić information content (AvgIpc) is 2.59. The molecule has 1 N–H and O–H groups in total. The molecule has 0 bridgehead atoms. The monoisotopic (exact) mass is 344 g/mol. The van der Waals surface area contributed by atoms with Crippen molar-refractivity contribution < 1.29 is 23.0 Å². The van der Waals surface area contributed by atoms with E-state index in [1.54, 1.807) is 0 Å². The fourth-order valence-corrected chi connectivity index (χ4v) is 3.83. The van der Waals surface area contributed by atoms with E-state index in [1.165, 1.54) is 27.3 Å². The molecule has 0 aliphatic carbocycles. The van der Waals surface area contributed by atoms with Gasteiger partial charge in [-0.3, -0.25) is 0 Å². The van der Waals surface area contributed by atoms with Crippen LogP contribution in [0.4, 0.5) is 0 Å². The van der Waals surface area contributed by atoms with E-state index in [1.807, 2.05) is 0 Å². The van der Waals surface area contributed by atoms with Crippen molar-refractivity contribution >= 4 is 9.73 Å². The molecule has 103 valence electrons. The van der Waals surface area contributed by atoms with Gasteiger partial charge in [-0.15, -0.1) is 0 Å². The van der Waals surface area contributed by atoms with Crippen molar-refractivity contribution in [3.05, 3.63) is 29.3 Å². The van der Waals surface area contributed by atoms with Gasteiger partial charge in [0.1, 0.15) is 0 Å². The predicted molar refractivity (Wildman–Crippen MR) is 74.5 cm³/mol. The Hall–Kier alpha value is -0.657. The van der Waals surface area contributed by atoms with Crippen LogP contribution in [0.2, 0.25) is 0 Å². The Balaban J connectivity index is 2.05. The molecule has 0 amide bonds. The summed E-state index contributed by atoms with van der Waals surface area (Å²) in [5.74, 6) is 1.06. The molecule has 19 heavy (non-hydrogen) atoms. The molecule has 0 radical (unpaired) electrons. The summed E-state index contributed by atoms with van der Waals surface area (Å²) in [5.41, 5.74) is 3.86. The van der Waals surface area contributed by atoms with Gasteiger partial charge >= 0.3 is 125 Å². The van der Waals surface area contributed by atoms with Gasteiger partial charge in [-0.25, -0.2) is 0 Å². The first-order chi connectivity index (χ1) is 9.11. The fraction of sp³-hybridized carbons (Fsp3) is 0.500. The Bertz CT molecular complexity index is 528. The van der Waals surface area contributed by atoms with Gasteiger partial charge in [-0.05, 0) is 0 Å². The number of benzene rings is 1. The number of allylic oxidation sites excluding steroid dienone is 1. The SMILES string of the molecule is CC1=CC2(CCCNCC2)Oc2ccc(C)[c]([Ru])c21. The van der Waals surface area contributed by atoms with Crippen LogP contribution in [0.5, 0.6) is 5.75 Å². The Morgan fingerprint density at radius 3 is 2.89 bits per heavy atom. The number of ether oxygens (including phenoxy) is 1. The fourth-order valence-electron chi connectivity index (χ4n) is 3.13. The van der Waals surface area contributed by atoms with E-state index < -0.39 is 0 Å². The molecule has 3 heteroatoms. The summed E-state index contributed by atoms with van der Waals surface area (Å²) in [6, 6.07) is 4.29. The first kappa shape index (κ1) is 13.3. The summed E-state index contributed by atoms with van der Waals surface area (Å²) in [6.45, 7) is 6.52. The van der Waals surface area contributed by atoms with Gasteiger partial charge < -0.3 is 0 Å². The first-order valence-electron chi connectivity index (χ1n) is 6.99. The number of nitrogens with one attached hydrogen (secondary N) is 1. The number of rotatable bonds is 0. The minimum atomic E-state index is -0.0888. The molecule has 1 spiro atoms. The first-order valence-corrected chi connectivity index (χ1v) is 7.86. The number of fused-ring (bicyclic) bond motifs is 1. The van der Waals surface area contributed by atoms with E-state index in [0.717, 1.165) is 31.7 Å². The Labute approximate surface area is 125 Å². The van der Waals surface area contributed by atoms with Crippen LogP contribution in [0, 0.1) is 6.92 Å². The van der Waals surface area contributed by atoms with Crippen LogP contribution in [-0.4, -0.2) is 18.7 Å². The van der Waals surface area contributed by atoms with E-state index in [2.05, 4.69) is 55.7 Å². The second-order valence-corrected chi connectivity index (χ2v) is 6.52. The third-order valence-corrected chi connectivity index (χ3v) is 5.27. The molecule has 1 aromatic rings.